The summed E-state index contributed by atoms with van der Waals surface area (Å²) < 4.78 is 1.97. The maximum absolute atomic E-state index is 4.22. The second-order valence-corrected chi connectivity index (χ2v) is 5.58. The number of pyridine rings is 1. The van der Waals surface area contributed by atoms with E-state index in [9.17, 15) is 0 Å². The number of aliphatic imine (C=N–C) groups is 1. The quantitative estimate of drug-likeness (QED) is 0.461. The van der Waals surface area contributed by atoms with Gasteiger partial charge in [0.2, 0.25) is 0 Å². The molecule has 0 aliphatic rings. The molecule has 0 radical (unpaired) electrons. The van der Waals surface area contributed by atoms with Crippen LogP contribution in [0.25, 0.3) is 5.65 Å². The highest BCUT2D eigenvalue weighted by atomic mass is 32.2. The van der Waals surface area contributed by atoms with Crippen molar-refractivity contribution in [1.29, 1.82) is 0 Å². The SMILES string of the molecule is CN=C(NCCCCSC)NCc1nnc2ccccn12. The van der Waals surface area contributed by atoms with Gasteiger partial charge >= 0.3 is 0 Å². The van der Waals surface area contributed by atoms with Crippen molar-refractivity contribution in [2.45, 2.75) is 19.4 Å². The molecule has 0 atom stereocenters. The van der Waals surface area contributed by atoms with Gasteiger partial charge in [0.15, 0.2) is 17.4 Å². The number of hydrogen-bond acceptors (Lipinski definition) is 4. The number of fused-ring (bicyclic) bond motifs is 1. The van der Waals surface area contributed by atoms with Gasteiger partial charge in [-0.15, -0.1) is 10.2 Å². The third-order valence-corrected chi connectivity index (χ3v) is 3.79. The minimum Gasteiger partial charge on any atom is -0.356 e. The predicted octanol–water partition coefficient (Wildman–Crippen LogP) is 1.54. The number of aromatic nitrogens is 3. The highest BCUT2D eigenvalue weighted by Crippen LogP contribution is 2.02. The lowest BCUT2D eigenvalue weighted by Crippen LogP contribution is -2.37. The maximum atomic E-state index is 4.22. The van der Waals surface area contributed by atoms with Gasteiger partial charge in [0.25, 0.3) is 0 Å². The Labute approximate surface area is 129 Å². The molecule has 0 aromatic carbocycles. The number of guanidine groups is 1. The van der Waals surface area contributed by atoms with E-state index in [4.69, 9.17) is 0 Å². The Bertz CT molecular complexity index is 580. The van der Waals surface area contributed by atoms with Crippen molar-refractivity contribution in [2.24, 2.45) is 4.99 Å². The van der Waals surface area contributed by atoms with Crippen LogP contribution in [-0.4, -0.2) is 46.2 Å². The van der Waals surface area contributed by atoms with Gasteiger partial charge < -0.3 is 10.6 Å². The van der Waals surface area contributed by atoms with Crippen LogP contribution in [-0.2, 0) is 6.54 Å². The molecular weight excluding hydrogens is 284 g/mol. The summed E-state index contributed by atoms with van der Waals surface area (Å²) in [5.74, 6) is 2.88. The molecule has 21 heavy (non-hydrogen) atoms. The average Bonchev–Trinajstić information content (AvgIpc) is 2.93. The lowest BCUT2D eigenvalue weighted by atomic mass is 10.3. The van der Waals surface area contributed by atoms with Crippen LogP contribution in [0.5, 0.6) is 0 Å². The first-order chi connectivity index (χ1) is 10.3. The number of nitrogens with one attached hydrogen (secondary N) is 2. The minimum absolute atomic E-state index is 0.593. The topological polar surface area (TPSA) is 66.6 Å². The summed E-state index contributed by atoms with van der Waals surface area (Å²) in [6, 6.07) is 5.87. The van der Waals surface area contributed by atoms with Crippen molar-refractivity contribution in [3.05, 3.63) is 30.2 Å². The smallest absolute Gasteiger partial charge is 0.191 e. The molecule has 0 aliphatic carbocycles. The van der Waals surface area contributed by atoms with Crippen LogP contribution >= 0.6 is 11.8 Å². The Kier molecular flexibility index (Phi) is 6.33. The van der Waals surface area contributed by atoms with E-state index in [1.54, 1.807) is 7.05 Å². The zero-order chi connectivity index (χ0) is 14.9. The lowest BCUT2D eigenvalue weighted by Gasteiger charge is -2.10. The largest absolute Gasteiger partial charge is 0.356 e. The lowest BCUT2D eigenvalue weighted by molar-refractivity contribution is 0.720. The summed E-state index contributed by atoms with van der Waals surface area (Å²) in [5, 5.41) is 14.9. The van der Waals surface area contributed by atoms with Gasteiger partial charge in [-0.25, -0.2) is 0 Å². The fraction of sp³-hybridized carbons (Fsp3) is 0.500. The van der Waals surface area contributed by atoms with Crippen molar-refractivity contribution in [3.8, 4) is 0 Å². The van der Waals surface area contributed by atoms with Gasteiger partial charge in [-0.3, -0.25) is 9.39 Å². The normalized spacial score (nSPS) is 11.8. The van der Waals surface area contributed by atoms with Crippen LogP contribution in [0.15, 0.2) is 29.4 Å². The first-order valence-corrected chi connectivity index (χ1v) is 8.46. The number of nitrogens with zero attached hydrogens (tertiary/aromatic N) is 4. The Morgan fingerprint density at radius 3 is 3.00 bits per heavy atom. The zero-order valence-electron chi connectivity index (χ0n) is 12.5. The third-order valence-electron chi connectivity index (χ3n) is 3.09. The fourth-order valence-corrected chi connectivity index (χ4v) is 2.47. The van der Waals surface area contributed by atoms with E-state index in [1.165, 1.54) is 12.2 Å². The molecule has 0 spiro atoms. The number of rotatable bonds is 7. The van der Waals surface area contributed by atoms with E-state index < -0.39 is 0 Å². The highest BCUT2D eigenvalue weighted by molar-refractivity contribution is 7.98. The molecule has 0 fully saturated rings. The second kappa shape index (κ2) is 8.51. The van der Waals surface area contributed by atoms with Crippen LogP contribution in [0.2, 0.25) is 0 Å². The Hall–Kier alpha value is -1.76. The van der Waals surface area contributed by atoms with Crippen LogP contribution in [0.3, 0.4) is 0 Å². The van der Waals surface area contributed by atoms with Crippen molar-refractivity contribution in [2.75, 3.05) is 25.6 Å². The number of thioether (sulfide) groups is 1. The van der Waals surface area contributed by atoms with Crippen LogP contribution in [0.1, 0.15) is 18.7 Å². The Morgan fingerprint density at radius 2 is 2.19 bits per heavy atom. The molecule has 0 saturated heterocycles. The number of unbranched alkanes of at least 4 members (excludes halogenated alkanes) is 1. The molecule has 0 amide bonds. The van der Waals surface area contributed by atoms with Gasteiger partial charge in [0.05, 0.1) is 6.54 Å². The Morgan fingerprint density at radius 1 is 1.29 bits per heavy atom. The molecule has 6 nitrogen and oxygen atoms in total. The molecule has 0 unspecified atom stereocenters. The summed E-state index contributed by atoms with van der Waals surface area (Å²) >= 11 is 1.88. The molecule has 114 valence electrons. The molecule has 0 saturated carbocycles. The molecule has 2 heterocycles. The van der Waals surface area contributed by atoms with Gasteiger partial charge in [-0.05, 0) is 37.0 Å². The van der Waals surface area contributed by atoms with Crippen molar-refractivity contribution >= 4 is 23.4 Å². The molecule has 2 aromatic rings. The van der Waals surface area contributed by atoms with E-state index in [2.05, 4.69) is 32.1 Å². The number of hydrogen-bond donors (Lipinski definition) is 2. The summed E-state index contributed by atoms with van der Waals surface area (Å²) in [6.07, 6.45) is 6.47. The average molecular weight is 306 g/mol. The van der Waals surface area contributed by atoms with Crippen LogP contribution in [0, 0.1) is 0 Å². The van der Waals surface area contributed by atoms with Gasteiger partial charge in [-0.2, -0.15) is 11.8 Å². The van der Waals surface area contributed by atoms with Crippen molar-refractivity contribution < 1.29 is 0 Å². The Balaban J connectivity index is 1.80. The van der Waals surface area contributed by atoms with E-state index >= 15 is 0 Å². The maximum Gasteiger partial charge on any atom is 0.191 e. The van der Waals surface area contributed by atoms with Gasteiger partial charge in [0.1, 0.15) is 0 Å². The van der Waals surface area contributed by atoms with Crippen molar-refractivity contribution in [3.63, 3.8) is 0 Å². The standard InChI is InChI=1S/C14H22N6S/c1-15-14(16-8-4-6-10-21-2)17-11-13-19-18-12-7-3-5-9-20(12)13/h3,5,7,9H,4,6,8,10-11H2,1-2H3,(H2,15,16,17). The van der Waals surface area contributed by atoms with Crippen LogP contribution in [0.4, 0.5) is 0 Å². The van der Waals surface area contributed by atoms with Gasteiger partial charge in [-0.1, -0.05) is 6.07 Å². The monoisotopic (exact) mass is 306 g/mol. The fourth-order valence-electron chi connectivity index (χ4n) is 1.97. The minimum atomic E-state index is 0.593. The zero-order valence-corrected chi connectivity index (χ0v) is 13.4. The molecule has 2 N–H and O–H groups in total. The summed E-state index contributed by atoms with van der Waals surface area (Å²) in [4.78, 5) is 4.22. The summed E-state index contributed by atoms with van der Waals surface area (Å²) in [5.41, 5.74) is 0.856. The molecule has 2 aromatic heterocycles. The molecular formula is C14H22N6S. The van der Waals surface area contributed by atoms with E-state index in [1.807, 2.05) is 40.6 Å². The van der Waals surface area contributed by atoms with Gasteiger partial charge in [0, 0.05) is 19.8 Å². The first kappa shape index (κ1) is 15.6. The molecule has 2 rings (SSSR count). The van der Waals surface area contributed by atoms with Crippen LogP contribution < -0.4 is 10.6 Å². The third kappa shape index (κ3) is 4.63. The van der Waals surface area contributed by atoms with Crippen molar-refractivity contribution in [1.82, 2.24) is 25.2 Å². The predicted molar refractivity (Wildman–Crippen MR) is 88.8 cm³/mol. The summed E-state index contributed by atoms with van der Waals surface area (Å²) in [7, 11) is 1.78. The first-order valence-electron chi connectivity index (χ1n) is 7.07. The molecule has 7 heteroatoms. The highest BCUT2D eigenvalue weighted by Gasteiger charge is 2.05. The molecule has 0 bridgehead atoms. The van der Waals surface area contributed by atoms with E-state index in [0.717, 1.165) is 30.4 Å². The summed E-state index contributed by atoms with van der Waals surface area (Å²) in [6.45, 7) is 1.52. The molecule has 0 aliphatic heterocycles. The van der Waals surface area contributed by atoms with E-state index in [0.29, 0.717) is 6.54 Å². The van der Waals surface area contributed by atoms with E-state index in [-0.39, 0.29) is 0 Å². The second-order valence-electron chi connectivity index (χ2n) is 4.60.